The Morgan fingerprint density at radius 3 is 2.79 bits per heavy atom. The molecule has 1 heterocycles. The smallest absolute Gasteiger partial charge is 0.179 e. The Hall–Kier alpha value is -0.870. The monoisotopic (exact) mass is 211 g/mol. The van der Waals surface area contributed by atoms with Gasteiger partial charge in [-0.25, -0.2) is 8.42 Å². The second-order valence-electron chi connectivity index (χ2n) is 3.71. The van der Waals surface area contributed by atoms with E-state index in [1.165, 1.54) is 0 Å². The zero-order valence-electron chi connectivity index (χ0n) is 8.03. The van der Waals surface area contributed by atoms with Crippen molar-refractivity contribution in [3.05, 3.63) is 29.3 Å². The van der Waals surface area contributed by atoms with E-state index in [2.05, 4.69) is 0 Å². The summed E-state index contributed by atoms with van der Waals surface area (Å²) in [4.78, 5) is 0.457. The molecule has 0 radical (unpaired) electrons. The first-order valence-corrected chi connectivity index (χ1v) is 6.25. The Morgan fingerprint density at radius 2 is 2.14 bits per heavy atom. The quantitative estimate of drug-likeness (QED) is 0.700. The van der Waals surface area contributed by atoms with Gasteiger partial charge in [-0.05, 0) is 24.5 Å². The van der Waals surface area contributed by atoms with Gasteiger partial charge >= 0.3 is 0 Å². The van der Waals surface area contributed by atoms with E-state index in [-0.39, 0.29) is 11.8 Å². The first kappa shape index (κ1) is 9.68. The van der Waals surface area contributed by atoms with E-state index in [4.69, 9.17) is 5.73 Å². The summed E-state index contributed by atoms with van der Waals surface area (Å²) in [5.74, 6) is 0.173. The van der Waals surface area contributed by atoms with Crippen LogP contribution >= 0.6 is 0 Å². The highest BCUT2D eigenvalue weighted by atomic mass is 32.2. The number of fused-ring (bicyclic) bond motifs is 1. The average molecular weight is 211 g/mol. The summed E-state index contributed by atoms with van der Waals surface area (Å²) in [6.45, 7) is 1.81. The summed E-state index contributed by atoms with van der Waals surface area (Å²) in [6, 6.07) is 5.35. The molecule has 1 aromatic rings. The summed E-state index contributed by atoms with van der Waals surface area (Å²) in [6.07, 6.45) is 0.527. The topological polar surface area (TPSA) is 60.2 Å². The number of benzene rings is 1. The van der Waals surface area contributed by atoms with Crippen molar-refractivity contribution < 1.29 is 8.42 Å². The molecule has 4 heteroatoms. The third kappa shape index (κ3) is 1.35. The molecule has 2 rings (SSSR count). The molecular formula is C10H13NO2S. The van der Waals surface area contributed by atoms with Crippen molar-refractivity contribution in [2.24, 2.45) is 5.73 Å². The Balaban J connectivity index is 2.77. The van der Waals surface area contributed by atoms with Crippen molar-refractivity contribution in [3.8, 4) is 0 Å². The van der Waals surface area contributed by atoms with Crippen molar-refractivity contribution in [1.82, 2.24) is 0 Å². The van der Waals surface area contributed by atoms with Crippen LogP contribution in [-0.2, 0) is 9.84 Å². The highest BCUT2D eigenvalue weighted by molar-refractivity contribution is 7.91. The van der Waals surface area contributed by atoms with Crippen LogP contribution in [0.4, 0.5) is 0 Å². The minimum atomic E-state index is -3.09. The van der Waals surface area contributed by atoms with Gasteiger partial charge in [-0.2, -0.15) is 0 Å². The molecule has 3 nitrogen and oxygen atoms in total. The maximum Gasteiger partial charge on any atom is 0.179 e. The van der Waals surface area contributed by atoms with Crippen LogP contribution in [0, 0.1) is 6.92 Å². The fourth-order valence-corrected chi connectivity index (χ4v) is 3.84. The number of aryl methyl sites for hydroxylation is 1. The van der Waals surface area contributed by atoms with Gasteiger partial charge in [0.2, 0.25) is 0 Å². The van der Waals surface area contributed by atoms with Gasteiger partial charge in [0, 0.05) is 6.04 Å². The number of hydrogen-bond acceptors (Lipinski definition) is 3. The molecule has 2 N–H and O–H groups in total. The normalized spacial score (nSPS) is 24.3. The fourth-order valence-electron chi connectivity index (χ4n) is 1.93. The highest BCUT2D eigenvalue weighted by Gasteiger charge is 2.29. The lowest BCUT2D eigenvalue weighted by atomic mass is 10.0. The average Bonchev–Trinajstić information content (AvgIpc) is 2.12. The van der Waals surface area contributed by atoms with Crippen molar-refractivity contribution in [2.45, 2.75) is 24.3 Å². The van der Waals surface area contributed by atoms with Crippen LogP contribution in [0.2, 0.25) is 0 Å². The predicted octanol–water partition coefficient (Wildman–Crippen LogP) is 1.17. The summed E-state index contributed by atoms with van der Waals surface area (Å²) in [7, 11) is -3.09. The Kier molecular flexibility index (Phi) is 2.12. The van der Waals surface area contributed by atoms with E-state index < -0.39 is 9.84 Å². The van der Waals surface area contributed by atoms with Crippen molar-refractivity contribution in [3.63, 3.8) is 0 Å². The van der Waals surface area contributed by atoms with Gasteiger partial charge < -0.3 is 5.73 Å². The van der Waals surface area contributed by atoms with E-state index in [0.717, 1.165) is 11.1 Å². The Morgan fingerprint density at radius 1 is 1.43 bits per heavy atom. The number of sulfone groups is 1. The molecule has 0 saturated carbocycles. The van der Waals surface area contributed by atoms with Gasteiger partial charge in [0.05, 0.1) is 10.6 Å². The molecule has 0 aromatic heterocycles. The summed E-state index contributed by atoms with van der Waals surface area (Å²) >= 11 is 0. The van der Waals surface area contributed by atoms with Crippen LogP contribution in [0.25, 0.3) is 0 Å². The molecule has 0 saturated heterocycles. The molecule has 76 valence electrons. The molecule has 1 atom stereocenters. The minimum Gasteiger partial charge on any atom is -0.324 e. The third-order valence-electron chi connectivity index (χ3n) is 2.65. The molecule has 1 aromatic carbocycles. The molecule has 0 unspecified atom stereocenters. The molecule has 0 amide bonds. The molecular weight excluding hydrogens is 198 g/mol. The zero-order valence-corrected chi connectivity index (χ0v) is 8.84. The summed E-state index contributed by atoms with van der Waals surface area (Å²) < 4.78 is 23.6. The molecule has 0 fully saturated rings. The van der Waals surface area contributed by atoms with Gasteiger partial charge in [0.25, 0.3) is 0 Å². The van der Waals surface area contributed by atoms with E-state index in [1.807, 2.05) is 25.1 Å². The van der Waals surface area contributed by atoms with E-state index in [0.29, 0.717) is 11.3 Å². The van der Waals surface area contributed by atoms with Crippen LogP contribution in [-0.4, -0.2) is 14.2 Å². The van der Waals surface area contributed by atoms with Crippen molar-refractivity contribution >= 4 is 9.84 Å². The van der Waals surface area contributed by atoms with Crippen LogP contribution < -0.4 is 5.73 Å². The maximum atomic E-state index is 11.8. The van der Waals surface area contributed by atoms with Crippen LogP contribution in [0.5, 0.6) is 0 Å². The van der Waals surface area contributed by atoms with Crippen LogP contribution in [0.1, 0.15) is 23.6 Å². The fraction of sp³-hybridized carbons (Fsp3) is 0.400. The number of rotatable bonds is 0. The molecule has 1 aliphatic heterocycles. The molecule has 1 aliphatic rings. The predicted molar refractivity (Wildman–Crippen MR) is 54.8 cm³/mol. The number of hydrogen-bond donors (Lipinski definition) is 1. The van der Waals surface area contributed by atoms with Crippen LogP contribution in [0.3, 0.4) is 0 Å². The van der Waals surface area contributed by atoms with Crippen molar-refractivity contribution in [2.75, 3.05) is 5.75 Å². The lowest BCUT2D eigenvalue weighted by Crippen LogP contribution is -2.25. The van der Waals surface area contributed by atoms with Gasteiger partial charge in [-0.3, -0.25) is 0 Å². The third-order valence-corrected chi connectivity index (χ3v) is 4.60. The van der Waals surface area contributed by atoms with Gasteiger partial charge in [-0.15, -0.1) is 0 Å². The maximum absolute atomic E-state index is 11.8. The summed E-state index contributed by atoms with van der Waals surface area (Å²) in [5.41, 5.74) is 7.45. The lowest BCUT2D eigenvalue weighted by molar-refractivity contribution is 0.567. The first-order chi connectivity index (χ1) is 6.52. The lowest BCUT2D eigenvalue weighted by Gasteiger charge is -2.23. The standard InChI is InChI=1S/C10H13NO2S/c1-7-3-2-4-8-9(11)5-6-14(12,13)10(7)8/h2-4,9H,5-6,11H2,1H3/t9-/m0/s1. The molecule has 14 heavy (non-hydrogen) atoms. The van der Waals surface area contributed by atoms with Crippen molar-refractivity contribution in [1.29, 1.82) is 0 Å². The second kappa shape index (κ2) is 3.07. The van der Waals surface area contributed by atoms with E-state index >= 15 is 0 Å². The molecule has 0 bridgehead atoms. The Labute approximate surface area is 83.9 Å². The second-order valence-corrected chi connectivity index (χ2v) is 5.75. The Bertz CT molecular complexity index is 465. The summed E-state index contributed by atoms with van der Waals surface area (Å²) in [5, 5.41) is 0. The zero-order chi connectivity index (χ0) is 10.3. The van der Waals surface area contributed by atoms with Gasteiger partial charge in [0.1, 0.15) is 0 Å². The SMILES string of the molecule is Cc1cccc2c1S(=O)(=O)CC[C@@H]2N. The van der Waals surface area contributed by atoms with E-state index in [9.17, 15) is 8.42 Å². The van der Waals surface area contributed by atoms with Gasteiger partial charge in [0.15, 0.2) is 9.84 Å². The minimum absolute atomic E-state index is 0.131. The first-order valence-electron chi connectivity index (χ1n) is 4.60. The van der Waals surface area contributed by atoms with E-state index in [1.54, 1.807) is 0 Å². The largest absolute Gasteiger partial charge is 0.324 e. The van der Waals surface area contributed by atoms with Crippen LogP contribution in [0.15, 0.2) is 23.1 Å². The molecule has 0 aliphatic carbocycles. The van der Waals surface area contributed by atoms with Gasteiger partial charge in [-0.1, -0.05) is 18.2 Å². The highest BCUT2D eigenvalue weighted by Crippen LogP contribution is 2.32. The number of nitrogens with two attached hydrogens (primary N) is 1. The molecule has 0 spiro atoms.